The van der Waals surface area contributed by atoms with Crippen molar-refractivity contribution < 1.29 is 28.6 Å². The largest absolute Gasteiger partial charge is 0.462 e. The van der Waals surface area contributed by atoms with Gasteiger partial charge in [-0.1, -0.05) is 280 Å². The third-order valence-corrected chi connectivity index (χ3v) is 13.7. The first-order chi connectivity index (χ1) is 36.0. The molecule has 0 aromatic rings. The summed E-state index contributed by atoms with van der Waals surface area (Å²) in [7, 11) is 0. The maximum absolute atomic E-state index is 12.9. The van der Waals surface area contributed by atoms with Crippen LogP contribution in [0.3, 0.4) is 0 Å². The van der Waals surface area contributed by atoms with Crippen LogP contribution in [0.1, 0.15) is 316 Å². The van der Waals surface area contributed by atoms with Crippen molar-refractivity contribution in [2.75, 3.05) is 13.2 Å². The van der Waals surface area contributed by atoms with Crippen LogP contribution in [0.2, 0.25) is 0 Å². The maximum Gasteiger partial charge on any atom is 0.306 e. The summed E-state index contributed by atoms with van der Waals surface area (Å²) in [6.07, 6.45) is 79.1. The molecule has 0 N–H and O–H groups in total. The number of esters is 3. The van der Waals surface area contributed by atoms with Gasteiger partial charge in [0.1, 0.15) is 13.2 Å². The number of rotatable bonds is 57. The average Bonchev–Trinajstić information content (AvgIpc) is 3.39. The molecule has 1 unspecified atom stereocenters. The predicted molar refractivity (Wildman–Crippen MR) is 316 cm³/mol. The fourth-order valence-corrected chi connectivity index (χ4v) is 9.00. The molecule has 0 rings (SSSR count). The van der Waals surface area contributed by atoms with Crippen molar-refractivity contribution in [2.24, 2.45) is 0 Å². The molecule has 0 heterocycles. The van der Waals surface area contributed by atoms with E-state index >= 15 is 0 Å². The van der Waals surface area contributed by atoms with E-state index in [1.165, 1.54) is 180 Å². The summed E-state index contributed by atoms with van der Waals surface area (Å²) in [6, 6.07) is 0. The van der Waals surface area contributed by atoms with Crippen molar-refractivity contribution in [3.8, 4) is 0 Å². The maximum atomic E-state index is 12.9. The lowest BCUT2D eigenvalue weighted by atomic mass is 10.0. The van der Waals surface area contributed by atoms with Crippen LogP contribution in [0.25, 0.3) is 0 Å². The van der Waals surface area contributed by atoms with Gasteiger partial charge in [0.2, 0.25) is 0 Å². The topological polar surface area (TPSA) is 78.9 Å². The Morgan fingerprint density at radius 1 is 0.288 bits per heavy atom. The van der Waals surface area contributed by atoms with E-state index in [9.17, 15) is 14.4 Å². The first-order valence-electron chi connectivity index (χ1n) is 31.4. The molecular formula is C67H118O6. The first-order valence-corrected chi connectivity index (χ1v) is 31.4. The predicted octanol–water partition coefficient (Wildman–Crippen LogP) is 21.3. The van der Waals surface area contributed by atoms with Crippen LogP contribution in [-0.4, -0.2) is 37.2 Å². The Kier molecular flexibility index (Phi) is 58.7. The van der Waals surface area contributed by atoms with Gasteiger partial charge in [-0.3, -0.25) is 14.4 Å². The van der Waals surface area contributed by atoms with Crippen LogP contribution < -0.4 is 0 Å². The second kappa shape index (κ2) is 61.4. The third-order valence-electron chi connectivity index (χ3n) is 13.7. The summed E-state index contributed by atoms with van der Waals surface area (Å²) in [4.78, 5) is 38.2. The highest BCUT2D eigenvalue weighted by Gasteiger charge is 2.19. The number of unbranched alkanes of at least 4 members (excludes halogenated alkanes) is 34. The summed E-state index contributed by atoms with van der Waals surface area (Å²) < 4.78 is 16.9. The quantitative estimate of drug-likeness (QED) is 0.0261. The summed E-state index contributed by atoms with van der Waals surface area (Å²) in [5, 5.41) is 0. The molecule has 0 aliphatic carbocycles. The van der Waals surface area contributed by atoms with Gasteiger partial charge in [0.15, 0.2) is 6.10 Å². The molecule has 0 fully saturated rings. The number of carbonyl (C=O) groups excluding carboxylic acids is 3. The minimum absolute atomic E-state index is 0.0750. The van der Waals surface area contributed by atoms with Gasteiger partial charge in [-0.25, -0.2) is 0 Å². The molecule has 1 atom stereocenters. The molecule has 0 saturated carbocycles. The number of hydrogen-bond donors (Lipinski definition) is 0. The lowest BCUT2D eigenvalue weighted by Crippen LogP contribution is -2.30. The normalized spacial score (nSPS) is 12.5. The van der Waals surface area contributed by atoms with Crippen molar-refractivity contribution in [3.05, 3.63) is 72.9 Å². The summed E-state index contributed by atoms with van der Waals surface area (Å²) in [5.74, 6) is -0.871. The molecular weight excluding hydrogens is 901 g/mol. The van der Waals surface area contributed by atoms with Gasteiger partial charge in [0.25, 0.3) is 0 Å². The van der Waals surface area contributed by atoms with Crippen molar-refractivity contribution >= 4 is 17.9 Å². The molecule has 0 aromatic carbocycles. The van der Waals surface area contributed by atoms with E-state index in [0.717, 1.165) is 96.3 Å². The molecule has 0 aliphatic rings. The molecule has 422 valence electrons. The van der Waals surface area contributed by atoms with Gasteiger partial charge in [-0.2, -0.15) is 0 Å². The highest BCUT2D eigenvalue weighted by Crippen LogP contribution is 2.17. The lowest BCUT2D eigenvalue weighted by molar-refractivity contribution is -0.167. The van der Waals surface area contributed by atoms with Gasteiger partial charge in [-0.15, -0.1) is 0 Å². The highest BCUT2D eigenvalue weighted by molar-refractivity contribution is 5.71. The monoisotopic (exact) mass is 1020 g/mol. The van der Waals surface area contributed by atoms with E-state index in [2.05, 4.69) is 93.7 Å². The molecule has 73 heavy (non-hydrogen) atoms. The minimum Gasteiger partial charge on any atom is -0.462 e. The van der Waals surface area contributed by atoms with Gasteiger partial charge in [0.05, 0.1) is 0 Å². The average molecular weight is 1020 g/mol. The molecule has 0 saturated heterocycles. The zero-order valence-electron chi connectivity index (χ0n) is 48.4. The Morgan fingerprint density at radius 2 is 0.534 bits per heavy atom. The molecule has 0 aromatic heterocycles. The van der Waals surface area contributed by atoms with E-state index in [-0.39, 0.29) is 31.1 Å². The number of carbonyl (C=O) groups is 3. The number of ether oxygens (including phenoxy) is 3. The van der Waals surface area contributed by atoms with Crippen molar-refractivity contribution in [1.29, 1.82) is 0 Å². The highest BCUT2D eigenvalue weighted by atomic mass is 16.6. The smallest absolute Gasteiger partial charge is 0.306 e. The Hall–Kier alpha value is -3.15. The van der Waals surface area contributed by atoms with Gasteiger partial charge in [0, 0.05) is 19.3 Å². The summed E-state index contributed by atoms with van der Waals surface area (Å²) >= 11 is 0. The van der Waals surface area contributed by atoms with E-state index in [4.69, 9.17) is 14.2 Å². The van der Waals surface area contributed by atoms with E-state index in [0.29, 0.717) is 19.3 Å². The van der Waals surface area contributed by atoms with Crippen molar-refractivity contribution in [2.45, 2.75) is 322 Å². The Morgan fingerprint density at radius 3 is 0.849 bits per heavy atom. The first kappa shape index (κ1) is 69.8. The fourth-order valence-electron chi connectivity index (χ4n) is 9.00. The molecule has 0 bridgehead atoms. The summed E-state index contributed by atoms with van der Waals surface area (Å²) in [6.45, 7) is 6.52. The van der Waals surface area contributed by atoms with Crippen molar-refractivity contribution in [3.63, 3.8) is 0 Å². The minimum atomic E-state index is -0.777. The van der Waals surface area contributed by atoms with E-state index < -0.39 is 6.10 Å². The summed E-state index contributed by atoms with van der Waals surface area (Å²) in [5.41, 5.74) is 0. The molecule has 6 nitrogen and oxygen atoms in total. The SMILES string of the molecule is CC/C=C\C/C=C\C/C=C\C/C=C\CCCCCCCCCCCCCCCCC(=O)OCC(COC(=O)CCCCCCCCCCCC)OC(=O)CCCCCCCCC/C=C\C/C=C\CCCCCC. The molecule has 0 spiro atoms. The van der Waals surface area contributed by atoms with Crippen LogP contribution >= 0.6 is 0 Å². The van der Waals surface area contributed by atoms with Crippen LogP contribution in [0.5, 0.6) is 0 Å². The van der Waals surface area contributed by atoms with Crippen LogP contribution in [0, 0.1) is 0 Å². The third kappa shape index (κ3) is 59.6. The van der Waals surface area contributed by atoms with Gasteiger partial charge in [-0.05, 0) is 89.9 Å². The fraction of sp³-hybridized carbons (Fsp3) is 0.776. The van der Waals surface area contributed by atoms with Crippen LogP contribution in [-0.2, 0) is 28.6 Å². The van der Waals surface area contributed by atoms with E-state index in [1.807, 2.05) is 0 Å². The van der Waals surface area contributed by atoms with Gasteiger partial charge < -0.3 is 14.2 Å². The standard InChI is InChI=1S/C67H118O6/c1-4-7-10-13-16-19-22-24-26-28-30-31-32-33-34-35-36-37-38-40-41-43-45-48-51-54-57-60-66(69)72-63-64(62-71-65(68)59-56-53-50-47-21-18-15-12-9-6-3)73-67(70)61-58-55-52-49-46-44-42-39-29-27-25-23-20-17-14-11-8-5-2/h7,10,16,19-20,23-24,26-27,29-31,64H,4-6,8-9,11-15,17-18,21-22,25,28,32-63H2,1-3H3/b10-7-,19-16-,23-20-,26-24-,29-27-,31-30-. The Labute approximate surface area is 453 Å². The Balaban J connectivity index is 4.21. The second-order valence-corrected chi connectivity index (χ2v) is 20.9. The zero-order valence-corrected chi connectivity index (χ0v) is 48.4. The van der Waals surface area contributed by atoms with Crippen LogP contribution in [0.15, 0.2) is 72.9 Å². The molecule has 0 amide bonds. The second-order valence-electron chi connectivity index (χ2n) is 20.9. The van der Waals surface area contributed by atoms with Crippen LogP contribution in [0.4, 0.5) is 0 Å². The molecule has 0 radical (unpaired) electrons. The zero-order chi connectivity index (χ0) is 52.9. The van der Waals surface area contributed by atoms with Gasteiger partial charge >= 0.3 is 17.9 Å². The van der Waals surface area contributed by atoms with Crippen molar-refractivity contribution in [1.82, 2.24) is 0 Å². The molecule has 6 heteroatoms. The molecule has 0 aliphatic heterocycles. The van der Waals surface area contributed by atoms with E-state index in [1.54, 1.807) is 0 Å². The Bertz CT molecular complexity index is 1360. The number of hydrogen-bond acceptors (Lipinski definition) is 6. The number of allylic oxidation sites excluding steroid dienone is 12. The lowest BCUT2D eigenvalue weighted by Gasteiger charge is -2.18.